The molecule has 0 aliphatic carbocycles. The van der Waals surface area contributed by atoms with Crippen LogP contribution in [0.1, 0.15) is 0 Å². The standard InChI is InChI=1S/3BrH.In/h3*1H;. The Labute approximate surface area is 75.8 Å². The fourth-order valence-corrected chi connectivity index (χ4v) is 0. The largest absolute Gasteiger partial charge is 0.114 e. The van der Waals surface area contributed by atoms with Crippen LogP contribution in [-0.4, -0.2) is 25.8 Å². The molecule has 3 radical (unpaired) electrons. The molecule has 4 heteroatoms. The molecule has 27 valence electrons. The molecule has 0 fully saturated rings. The Morgan fingerprint density at radius 1 is 0.500 bits per heavy atom. The Hall–Kier alpha value is 2.31. The topological polar surface area (TPSA) is 0 Å². The molecule has 0 aliphatic rings. The molecule has 0 amide bonds. The van der Waals surface area contributed by atoms with Gasteiger partial charge in [-0.2, -0.15) is 0 Å². The summed E-state index contributed by atoms with van der Waals surface area (Å²) >= 11 is 0. The first-order chi connectivity index (χ1) is 0. The van der Waals surface area contributed by atoms with E-state index < -0.39 is 0 Å². The zero-order valence-electron chi connectivity index (χ0n) is 1.80. The quantitative estimate of drug-likeness (QED) is 0.614. The summed E-state index contributed by atoms with van der Waals surface area (Å²) in [5, 5.41) is 0. The van der Waals surface area contributed by atoms with Crippen LogP contribution >= 0.6 is 50.9 Å². The van der Waals surface area contributed by atoms with Crippen molar-refractivity contribution in [3.05, 3.63) is 0 Å². The predicted octanol–water partition coefficient (Wildman–Crippen LogP) is 1.35. The number of rotatable bonds is 0. The van der Waals surface area contributed by atoms with Gasteiger partial charge in [-0.25, -0.2) is 0 Å². The second-order valence-corrected chi connectivity index (χ2v) is 0. The van der Waals surface area contributed by atoms with Crippen molar-refractivity contribution in [2.45, 2.75) is 0 Å². The van der Waals surface area contributed by atoms with E-state index in [1.807, 2.05) is 0 Å². The second kappa shape index (κ2) is 18.5. The van der Waals surface area contributed by atoms with Crippen molar-refractivity contribution in [2.24, 2.45) is 0 Å². The molecule has 0 aromatic rings. The van der Waals surface area contributed by atoms with Gasteiger partial charge in [0.2, 0.25) is 0 Å². The van der Waals surface area contributed by atoms with Crippen molar-refractivity contribution in [2.75, 3.05) is 0 Å². The van der Waals surface area contributed by atoms with Crippen molar-refractivity contribution >= 4 is 76.8 Å². The zero-order chi connectivity index (χ0) is 0. The molecule has 0 nitrogen and oxygen atoms in total. The second-order valence-electron chi connectivity index (χ2n) is 0. The summed E-state index contributed by atoms with van der Waals surface area (Å²) in [6, 6.07) is 0. The van der Waals surface area contributed by atoms with Crippen LogP contribution in [0.3, 0.4) is 0 Å². The van der Waals surface area contributed by atoms with Gasteiger partial charge in [-0.1, -0.05) is 0 Å². The van der Waals surface area contributed by atoms with Crippen LogP contribution in [0.5, 0.6) is 0 Å². The minimum absolute atomic E-state index is 0. The molecule has 0 aliphatic heterocycles. The zero-order valence-corrected chi connectivity index (χ0v) is 10.2. The Morgan fingerprint density at radius 2 is 0.500 bits per heavy atom. The monoisotopic (exact) mass is 355 g/mol. The van der Waals surface area contributed by atoms with Crippen LogP contribution in [0.2, 0.25) is 0 Å². The molecular formula is H3Br3In. The first-order valence-corrected chi connectivity index (χ1v) is 0. The van der Waals surface area contributed by atoms with Crippen LogP contribution in [0.4, 0.5) is 0 Å². The van der Waals surface area contributed by atoms with Gasteiger partial charge in [0, 0.05) is 25.8 Å². The van der Waals surface area contributed by atoms with Gasteiger partial charge in [-0.05, 0) is 0 Å². The number of hydrogen-bond donors (Lipinski definition) is 0. The molecular weight excluding hydrogens is 355 g/mol. The van der Waals surface area contributed by atoms with E-state index in [0.717, 1.165) is 0 Å². The molecule has 0 heterocycles. The molecule has 4 heavy (non-hydrogen) atoms. The Kier molecular flexibility index (Phi) is 154. The summed E-state index contributed by atoms with van der Waals surface area (Å²) in [6.45, 7) is 0. The van der Waals surface area contributed by atoms with Gasteiger partial charge in [-0.3, -0.25) is 0 Å². The molecule has 0 N–H and O–H groups in total. The number of hydrogen-bond acceptors (Lipinski definition) is 0. The summed E-state index contributed by atoms with van der Waals surface area (Å²) in [4.78, 5) is 0. The minimum Gasteiger partial charge on any atom is -0.114 e. The summed E-state index contributed by atoms with van der Waals surface area (Å²) in [5.74, 6) is 0. The average molecular weight is 358 g/mol. The van der Waals surface area contributed by atoms with Gasteiger partial charge in [0.1, 0.15) is 0 Å². The molecule has 0 saturated carbocycles. The third-order valence-corrected chi connectivity index (χ3v) is 0. The smallest absolute Gasteiger partial charge is 0 e. The summed E-state index contributed by atoms with van der Waals surface area (Å²) in [7, 11) is 0. The van der Waals surface area contributed by atoms with Crippen LogP contribution < -0.4 is 0 Å². The van der Waals surface area contributed by atoms with Crippen molar-refractivity contribution in [3.8, 4) is 0 Å². The van der Waals surface area contributed by atoms with Gasteiger partial charge in [0.25, 0.3) is 0 Å². The third kappa shape index (κ3) is 8.85. The summed E-state index contributed by atoms with van der Waals surface area (Å²) < 4.78 is 0. The van der Waals surface area contributed by atoms with E-state index >= 15 is 0 Å². The maximum Gasteiger partial charge on any atom is 0 e. The SMILES string of the molecule is Br.Br.Br.[In]. The van der Waals surface area contributed by atoms with Crippen molar-refractivity contribution < 1.29 is 0 Å². The Morgan fingerprint density at radius 3 is 0.500 bits per heavy atom. The first kappa shape index (κ1) is 33.3. The fourth-order valence-electron chi connectivity index (χ4n) is 0. The van der Waals surface area contributed by atoms with Crippen LogP contribution in [0.15, 0.2) is 0 Å². The molecule has 0 aromatic carbocycles. The van der Waals surface area contributed by atoms with Crippen molar-refractivity contribution in [1.29, 1.82) is 0 Å². The molecule has 0 atom stereocenters. The van der Waals surface area contributed by atoms with Gasteiger partial charge in [-0.15, -0.1) is 50.9 Å². The van der Waals surface area contributed by atoms with Crippen LogP contribution in [-0.2, 0) is 0 Å². The van der Waals surface area contributed by atoms with E-state index in [0.29, 0.717) is 0 Å². The van der Waals surface area contributed by atoms with Gasteiger partial charge < -0.3 is 0 Å². The van der Waals surface area contributed by atoms with E-state index in [2.05, 4.69) is 0 Å². The summed E-state index contributed by atoms with van der Waals surface area (Å²) in [6.07, 6.45) is 0. The molecule has 0 saturated heterocycles. The summed E-state index contributed by atoms with van der Waals surface area (Å²) in [5.41, 5.74) is 0. The van der Waals surface area contributed by atoms with Crippen LogP contribution in [0.25, 0.3) is 0 Å². The third-order valence-electron chi connectivity index (χ3n) is 0. The molecule has 0 bridgehead atoms. The molecule has 0 rings (SSSR count). The van der Waals surface area contributed by atoms with E-state index in [9.17, 15) is 0 Å². The average Bonchev–Trinajstić information content (AvgIpc) is 0. The predicted molar refractivity (Wildman–Crippen MR) is 36.7 cm³/mol. The number of halogens is 3. The Balaban J connectivity index is 0. The minimum atomic E-state index is 0. The maximum atomic E-state index is 0. The van der Waals surface area contributed by atoms with Crippen LogP contribution in [0, 0.1) is 0 Å². The van der Waals surface area contributed by atoms with E-state index in [1.165, 1.54) is 0 Å². The first-order valence-electron chi connectivity index (χ1n) is 0. The van der Waals surface area contributed by atoms with Crippen molar-refractivity contribution in [3.63, 3.8) is 0 Å². The maximum absolute atomic E-state index is 0. The van der Waals surface area contributed by atoms with E-state index in [4.69, 9.17) is 0 Å². The Bertz CT molecular complexity index is 3.25. The molecule has 0 spiro atoms. The van der Waals surface area contributed by atoms with E-state index in [-0.39, 0.29) is 76.8 Å². The molecule has 0 unspecified atom stereocenters. The van der Waals surface area contributed by atoms with Gasteiger partial charge in [0.15, 0.2) is 0 Å². The molecule has 0 aromatic heterocycles. The van der Waals surface area contributed by atoms with E-state index in [1.54, 1.807) is 0 Å². The normalized spacial score (nSPS) is 0. The van der Waals surface area contributed by atoms with Gasteiger partial charge in [0.05, 0.1) is 0 Å². The van der Waals surface area contributed by atoms with Gasteiger partial charge >= 0.3 is 0 Å². The fraction of sp³-hybridized carbons (Fsp3) is 0. The van der Waals surface area contributed by atoms with Crippen molar-refractivity contribution in [1.82, 2.24) is 0 Å².